The number of carboxylic acid groups (broad SMARTS) is 1. The summed E-state index contributed by atoms with van der Waals surface area (Å²) < 4.78 is 55.0. The van der Waals surface area contributed by atoms with Crippen molar-refractivity contribution in [3.8, 4) is 5.75 Å². The summed E-state index contributed by atoms with van der Waals surface area (Å²) in [6.45, 7) is 1.27. The van der Waals surface area contributed by atoms with E-state index in [1.807, 2.05) is 0 Å². The van der Waals surface area contributed by atoms with Crippen LogP contribution in [0.4, 0.5) is 17.6 Å². The Morgan fingerprint density at radius 1 is 1.33 bits per heavy atom. The number of hydrogen-bond acceptors (Lipinski definition) is 2. The maximum Gasteiger partial charge on any atom is 0.475 e. The predicted molar refractivity (Wildman–Crippen MR) is 57.6 cm³/mol. The average Bonchev–Trinajstić information content (AvgIpc) is 2.18. The summed E-state index contributed by atoms with van der Waals surface area (Å²) in [7, 11) is 0. The van der Waals surface area contributed by atoms with Crippen LogP contribution in [-0.4, -0.2) is 22.0 Å². The molecule has 0 heterocycles. The summed E-state index contributed by atoms with van der Waals surface area (Å²) in [5.74, 6) is -2.35. The molecule has 0 saturated carbocycles. The van der Waals surface area contributed by atoms with Crippen LogP contribution in [0.2, 0.25) is 0 Å². The molecule has 0 aliphatic heterocycles. The Hall–Kier alpha value is -1.31. The summed E-state index contributed by atoms with van der Waals surface area (Å²) in [5, 5.41) is 8.77. The molecule has 0 spiro atoms. The molecule has 0 radical (unpaired) electrons. The molecule has 0 atom stereocenters. The van der Waals surface area contributed by atoms with Crippen molar-refractivity contribution in [2.45, 2.75) is 17.9 Å². The summed E-state index contributed by atoms with van der Waals surface area (Å²) in [5.41, 5.74) is -0.613. The summed E-state index contributed by atoms with van der Waals surface area (Å²) in [6, 6.07) is 3.54. The number of ether oxygens (including phenoxy) is 1. The van der Waals surface area contributed by atoms with E-state index in [4.69, 9.17) is 5.11 Å². The van der Waals surface area contributed by atoms with Crippen molar-refractivity contribution in [1.29, 1.82) is 0 Å². The van der Waals surface area contributed by atoms with Gasteiger partial charge >= 0.3 is 16.9 Å². The molecule has 0 aromatic heterocycles. The number of aryl methyl sites for hydroxylation is 1. The van der Waals surface area contributed by atoms with Crippen molar-refractivity contribution >= 4 is 21.9 Å². The molecule has 0 saturated heterocycles. The Kier molecular flexibility index (Phi) is 3.89. The third kappa shape index (κ3) is 2.92. The first kappa shape index (κ1) is 14.7. The highest BCUT2D eigenvalue weighted by molar-refractivity contribution is 9.10. The molecule has 18 heavy (non-hydrogen) atoms. The second-order valence-electron chi connectivity index (χ2n) is 3.37. The van der Waals surface area contributed by atoms with Crippen LogP contribution >= 0.6 is 15.9 Å². The van der Waals surface area contributed by atoms with Crippen LogP contribution in [0.15, 0.2) is 18.2 Å². The minimum atomic E-state index is -4.87. The summed E-state index contributed by atoms with van der Waals surface area (Å²) in [4.78, 5) is 6.17. The molecule has 1 rings (SSSR count). The molecule has 1 aromatic rings. The van der Waals surface area contributed by atoms with E-state index in [1.165, 1.54) is 35.0 Å². The Morgan fingerprint density at radius 2 is 1.89 bits per heavy atom. The van der Waals surface area contributed by atoms with Gasteiger partial charge in [-0.3, -0.25) is 0 Å². The second-order valence-corrected chi connectivity index (χ2v) is 4.37. The summed E-state index contributed by atoms with van der Waals surface area (Å²) in [6.07, 6.45) is -4.87. The van der Waals surface area contributed by atoms with E-state index in [9.17, 15) is 22.4 Å². The van der Waals surface area contributed by atoms with Gasteiger partial charge in [0.1, 0.15) is 11.3 Å². The Balaban J connectivity index is 3.23. The lowest BCUT2D eigenvalue weighted by molar-refractivity contribution is -0.266. The number of carbonyl (C=O) groups is 1. The highest BCUT2D eigenvalue weighted by Gasteiger charge is 2.58. The number of rotatable bonds is 4. The molecule has 3 nitrogen and oxygen atoms in total. The molecule has 0 bridgehead atoms. The van der Waals surface area contributed by atoms with Crippen molar-refractivity contribution in [1.82, 2.24) is 0 Å². The van der Waals surface area contributed by atoms with Crippen LogP contribution in [-0.2, 0) is 0 Å². The molecular formula is C10H7BrF4O3. The van der Waals surface area contributed by atoms with E-state index >= 15 is 0 Å². The standard InChI is InChI=1S/C10H7BrF4O3/c1-5-3-2-4-6(8(16)17)7(5)18-10(14,15)9(11,12)13/h2-4H,1H3,(H,16,17). The highest BCUT2D eigenvalue weighted by atomic mass is 79.9. The lowest BCUT2D eigenvalue weighted by Crippen LogP contribution is -2.41. The van der Waals surface area contributed by atoms with Gasteiger partial charge in [-0.2, -0.15) is 17.6 Å². The Labute approximate surface area is 107 Å². The zero-order valence-corrected chi connectivity index (χ0v) is 10.5. The zero-order chi connectivity index (χ0) is 14.1. The number of aromatic carboxylic acids is 1. The number of alkyl halides is 5. The van der Waals surface area contributed by atoms with E-state index in [0.717, 1.165) is 6.07 Å². The third-order valence-electron chi connectivity index (χ3n) is 2.00. The van der Waals surface area contributed by atoms with Gasteiger partial charge in [0.2, 0.25) is 0 Å². The predicted octanol–water partition coefficient (Wildman–Crippen LogP) is 3.65. The molecule has 0 aliphatic rings. The van der Waals surface area contributed by atoms with E-state index in [1.54, 1.807) is 0 Å². The van der Waals surface area contributed by atoms with Gasteiger partial charge in [-0.1, -0.05) is 12.1 Å². The summed E-state index contributed by atoms with van der Waals surface area (Å²) >= 11 is 1.49. The number of para-hydroxylation sites is 1. The van der Waals surface area contributed by atoms with Gasteiger partial charge in [-0.25, -0.2) is 4.79 Å². The first-order chi connectivity index (χ1) is 8.06. The van der Waals surface area contributed by atoms with Crippen LogP contribution in [0.25, 0.3) is 0 Å². The molecule has 1 aromatic carbocycles. The number of halogens is 5. The van der Waals surface area contributed by atoms with E-state index in [-0.39, 0.29) is 5.56 Å². The molecule has 100 valence electrons. The fourth-order valence-corrected chi connectivity index (χ4v) is 1.22. The van der Waals surface area contributed by atoms with Crippen molar-refractivity contribution in [3.63, 3.8) is 0 Å². The van der Waals surface area contributed by atoms with Gasteiger partial charge in [-0.05, 0) is 18.6 Å². The normalized spacial score (nSPS) is 12.3. The van der Waals surface area contributed by atoms with Crippen LogP contribution < -0.4 is 4.74 Å². The van der Waals surface area contributed by atoms with Crippen molar-refractivity contribution in [2.24, 2.45) is 0 Å². The topological polar surface area (TPSA) is 46.5 Å². The average molecular weight is 331 g/mol. The van der Waals surface area contributed by atoms with Gasteiger partial charge in [0.15, 0.2) is 0 Å². The quantitative estimate of drug-likeness (QED) is 0.677. The number of hydrogen-bond donors (Lipinski definition) is 1. The minimum absolute atomic E-state index is 0.00586. The van der Waals surface area contributed by atoms with Crippen molar-refractivity contribution in [3.05, 3.63) is 29.3 Å². The maximum atomic E-state index is 13.0. The van der Waals surface area contributed by atoms with E-state index in [0.29, 0.717) is 0 Å². The van der Waals surface area contributed by atoms with Gasteiger partial charge in [0, 0.05) is 15.9 Å². The maximum absolute atomic E-state index is 13.0. The van der Waals surface area contributed by atoms with Crippen LogP contribution in [0, 0.1) is 6.92 Å². The molecule has 0 aliphatic carbocycles. The van der Waals surface area contributed by atoms with Gasteiger partial charge < -0.3 is 9.84 Å². The fourth-order valence-electron chi connectivity index (χ4n) is 1.14. The first-order valence-corrected chi connectivity index (χ1v) is 5.32. The van der Waals surface area contributed by atoms with Crippen LogP contribution in [0.3, 0.4) is 0 Å². The molecule has 0 fully saturated rings. The van der Waals surface area contributed by atoms with Gasteiger partial charge in [0.25, 0.3) is 0 Å². The van der Waals surface area contributed by atoms with E-state index in [2.05, 4.69) is 4.74 Å². The SMILES string of the molecule is Cc1cccc(C(=O)O)c1OC(F)(F)C(F)(F)Br. The lowest BCUT2D eigenvalue weighted by atomic mass is 10.1. The Morgan fingerprint density at radius 3 is 2.33 bits per heavy atom. The molecular weight excluding hydrogens is 324 g/mol. The van der Waals surface area contributed by atoms with Gasteiger partial charge in [-0.15, -0.1) is 0 Å². The monoisotopic (exact) mass is 330 g/mol. The number of carboxylic acids is 1. The largest absolute Gasteiger partial charge is 0.478 e. The minimum Gasteiger partial charge on any atom is -0.478 e. The van der Waals surface area contributed by atoms with Crippen LogP contribution in [0.1, 0.15) is 15.9 Å². The van der Waals surface area contributed by atoms with E-state index < -0.39 is 28.2 Å². The van der Waals surface area contributed by atoms with Crippen molar-refractivity contribution < 1.29 is 32.2 Å². The van der Waals surface area contributed by atoms with Crippen LogP contribution in [0.5, 0.6) is 5.75 Å². The highest BCUT2D eigenvalue weighted by Crippen LogP contribution is 2.42. The molecule has 0 amide bonds. The Bertz CT molecular complexity index is 471. The number of benzene rings is 1. The fraction of sp³-hybridized carbons (Fsp3) is 0.300. The molecule has 0 unspecified atom stereocenters. The lowest BCUT2D eigenvalue weighted by Gasteiger charge is -2.23. The zero-order valence-electron chi connectivity index (χ0n) is 8.89. The first-order valence-electron chi connectivity index (χ1n) is 4.52. The molecule has 1 N–H and O–H groups in total. The second kappa shape index (κ2) is 4.75. The van der Waals surface area contributed by atoms with Crippen molar-refractivity contribution in [2.75, 3.05) is 0 Å². The third-order valence-corrected chi connectivity index (χ3v) is 2.46. The van der Waals surface area contributed by atoms with Gasteiger partial charge in [0.05, 0.1) is 0 Å². The smallest absolute Gasteiger partial charge is 0.475 e. The molecule has 8 heteroatoms.